The molecule has 0 aromatic carbocycles. The summed E-state index contributed by atoms with van der Waals surface area (Å²) in [5.41, 5.74) is 0.705. The van der Waals surface area contributed by atoms with Gasteiger partial charge in [0.2, 0.25) is 5.76 Å². The Morgan fingerprint density at radius 1 is 1.42 bits per heavy atom. The van der Waals surface area contributed by atoms with E-state index in [1.54, 1.807) is 0 Å². The molecule has 1 heterocycles. The predicted molar refractivity (Wildman–Crippen MR) is 72.5 cm³/mol. The van der Waals surface area contributed by atoms with Gasteiger partial charge in [-0.05, 0) is 24.2 Å². The summed E-state index contributed by atoms with van der Waals surface area (Å²) >= 11 is 0. The molecule has 1 saturated carbocycles. The molecule has 0 saturated heterocycles. The van der Waals surface area contributed by atoms with Crippen LogP contribution in [0.15, 0.2) is 4.42 Å². The van der Waals surface area contributed by atoms with Crippen molar-refractivity contribution >= 4 is 5.97 Å². The molecule has 0 aliphatic heterocycles. The molecule has 19 heavy (non-hydrogen) atoms. The number of aromatic carboxylic acids is 1. The number of hydrogen-bond acceptors (Lipinski definition) is 3. The number of carboxylic acids is 1. The second-order valence-corrected chi connectivity index (χ2v) is 6.51. The molecular weight excluding hydrogens is 242 g/mol. The van der Waals surface area contributed by atoms with Crippen LogP contribution in [0.2, 0.25) is 0 Å². The van der Waals surface area contributed by atoms with Crippen molar-refractivity contribution in [3.63, 3.8) is 0 Å². The topological polar surface area (TPSA) is 63.3 Å². The van der Waals surface area contributed by atoms with Gasteiger partial charge >= 0.3 is 5.97 Å². The number of nitrogens with zero attached hydrogens (tertiary/aromatic N) is 1. The Hall–Kier alpha value is -1.32. The smallest absolute Gasteiger partial charge is 0.373 e. The molecule has 1 aliphatic rings. The Bertz CT molecular complexity index is 474. The fraction of sp³-hybridized carbons (Fsp3) is 0.733. The first-order chi connectivity index (χ1) is 8.83. The van der Waals surface area contributed by atoms with Crippen LogP contribution in [-0.4, -0.2) is 16.1 Å². The number of oxazole rings is 1. The predicted octanol–water partition coefficient (Wildman–Crippen LogP) is 4.18. The fourth-order valence-corrected chi connectivity index (χ4v) is 2.99. The normalized spacial score (nSPS) is 22.7. The molecule has 2 rings (SSSR count). The van der Waals surface area contributed by atoms with Gasteiger partial charge in [0, 0.05) is 5.92 Å². The van der Waals surface area contributed by atoms with E-state index in [9.17, 15) is 9.90 Å². The van der Waals surface area contributed by atoms with E-state index in [2.05, 4.69) is 18.8 Å². The molecule has 1 atom stereocenters. The van der Waals surface area contributed by atoms with E-state index in [4.69, 9.17) is 4.42 Å². The van der Waals surface area contributed by atoms with Gasteiger partial charge in [0.15, 0.2) is 5.89 Å². The monoisotopic (exact) mass is 265 g/mol. The highest BCUT2D eigenvalue weighted by molar-refractivity contribution is 5.85. The first-order valence-electron chi connectivity index (χ1n) is 7.07. The summed E-state index contributed by atoms with van der Waals surface area (Å²) in [7, 11) is 0. The molecule has 1 N–H and O–H groups in total. The van der Waals surface area contributed by atoms with Gasteiger partial charge in [-0.3, -0.25) is 0 Å². The van der Waals surface area contributed by atoms with E-state index in [0.29, 0.717) is 11.6 Å². The molecule has 0 bridgehead atoms. The summed E-state index contributed by atoms with van der Waals surface area (Å²) in [4.78, 5) is 15.8. The SMILES string of the molecule is CC(C)c1nc(C2CCCCC2(C)C)oc1C(=O)O. The lowest BCUT2D eigenvalue weighted by molar-refractivity contribution is 0.0652. The highest BCUT2D eigenvalue weighted by atomic mass is 16.4. The lowest BCUT2D eigenvalue weighted by Crippen LogP contribution is -2.26. The first-order valence-corrected chi connectivity index (χ1v) is 7.07. The van der Waals surface area contributed by atoms with Crippen molar-refractivity contribution in [2.45, 2.75) is 65.2 Å². The average molecular weight is 265 g/mol. The van der Waals surface area contributed by atoms with E-state index < -0.39 is 5.97 Å². The van der Waals surface area contributed by atoms with Crippen molar-refractivity contribution in [3.05, 3.63) is 17.3 Å². The molecule has 0 amide bonds. The Kier molecular flexibility index (Phi) is 3.70. The number of carboxylic acid groups (broad SMARTS) is 1. The van der Waals surface area contributed by atoms with Gasteiger partial charge in [0.25, 0.3) is 0 Å². The van der Waals surface area contributed by atoms with Crippen LogP contribution in [0.3, 0.4) is 0 Å². The van der Waals surface area contributed by atoms with Crippen molar-refractivity contribution in [1.82, 2.24) is 4.98 Å². The Morgan fingerprint density at radius 3 is 2.58 bits per heavy atom. The van der Waals surface area contributed by atoms with Crippen molar-refractivity contribution < 1.29 is 14.3 Å². The van der Waals surface area contributed by atoms with E-state index >= 15 is 0 Å². The lowest BCUT2D eigenvalue weighted by atomic mass is 9.69. The molecule has 4 heteroatoms. The van der Waals surface area contributed by atoms with Gasteiger partial charge in [-0.15, -0.1) is 0 Å². The Balaban J connectivity index is 2.40. The fourth-order valence-electron chi connectivity index (χ4n) is 2.99. The molecule has 1 aromatic rings. The van der Waals surface area contributed by atoms with E-state index in [-0.39, 0.29) is 23.0 Å². The van der Waals surface area contributed by atoms with Gasteiger partial charge in [-0.1, -0.05) is 40.5 Å². The highest BCUT2D eigenvalue weighted by Gasteiger charge is 2.37. The first kappa shape index (κ1) is 14.1. The van der Waals surface area contributed by atoms with E-state index in [1.807, 2.05) is 13.8 Å². The van der Waals surface area contributed by atoms with Crippen LogP contribution in [-0.2, 0) is 0 Å². The Labute approximate surface area is 114 Å². The third-order valence-corrected chi connectivity index (χ3v) is 4.22. The van der Waals surface area contributed by atoms with Crippen molar-refractivity contribution in [2.75, 3.05) is 0 Å². The largest absolute Gasteiger partial charge is 0.475 e. The van der Waals surface area contributed by atoms with Gasteiger partial charge in [0.05, 0.1) is 5.69 Å². The standard InChI is InChI=1S/C15H23NO3/c1-9(2)11-12(14(17)18)19-13(16-11)10-7-5-6-8-15(10,3)4/h9-10H,5-8H2,1-4H3,(H,17,18). The summed E-state index contributed by atoms with van der Waals surface area (Å²) < 4.78 is 5.60. The van der Waals surface area contributed by atoms with Crippen molar-refractivity contribution in [1.29, 1.82) is 0 Å². The Morgan fingerprint density at radius 2 is 2.11 bits per heavy atom. The second-order valence-electron chi connectivity index (χ2n) is 6.51. The number of hydrogen-bond donors (Lipinski definition) is 1. The van der Waals surface area contributed by atoms with Crippen molar-refractivity contribution in [2.24, 2.45) is 5.41 Å². The molecule has 1 aromatic heterocycles. The van der Waals surface area contributed by atoms with Gasteiger partial charge in [-0.2, -0.15) is 0 Å². The molecule has 4 nitrogen and oxygen atoms in total. The van der Waals surface area contributed by atoms with Crippen LogP contribution in [0.5, 0.6) is 0 Å². The molecular formula is C15H23NO3. The maximum atomic E-state index is 11.2. The highest BCUT2D eigenvalue weighted by Crippen LogP contribution is 2.46. The van der Waals surface area contributed by atoms with E-state index in [0.717, 1.165) is 19.3 Å². The molecule has 1 unspecified atom stereocenters. The average Bonchev–Trinajstić information content (AvgIpc) is 2.73. The molecule has 106 valence electrons. The maximum Gasteiger partial charge on any atom is 0.373 e. The molecule has 1 fully saturated rings. The number of rotatable bonds is 3. The summed E-state index contributed by atoms with van der Waals surface area (Å²) in [6.07, 6.45) is 4.56. The number of aromatic nitrogens is 1. The third-order valence-electron chi connectivity index (χ3n) is 4.22. The zero-order valence-corrected chi connectivity index (χ0v) is 12.2. The van der Waals surface area contributed by atoms with Crippen LogP contribution in [0.25, 0.3) is 0 Å². The molecule has 1 aliphatic carbocycles. The summed E-state index contributed by atoms with van der Waals surface area (Å²) in [5, 5.41) is 9.22. The minimum absolute atomic E-state index is 0.0198. The zero-order valence-electron chi connectivity index (χ0n) is 12.2. The van der Waals surface area contributed by atoms with Crippen LogP contribution >= 0.6 is 0 Å². The van der Waals surface area contributed by atoms with Gasteiger partial charge < -0.3 is 9.52 Å². The summed E-state index contributed by atoms with van der Waals surface area (Å²) in [6.45, 7) is 8.33. The zero-order chi connectivity index (χ0) is 14.2. The minimum atomic E-state index is -1.02. The summed E-state index contributed by atoms with van der Waals surface area (Å²) in [5.74, 6) is -0.0876. The van der Waals surface area contributed by atoms with Crippen LogP contribution in [0, 0.1) is 5.41 Å². The van der Waals surface area contributed by atoms with Crippen LogP contribution in [0.1, 0.15) is 87.4 Å². The third kappa shape index (κ3) is 2.67. The van der Waals surface area contributed by atoms with E-state index in [1.165, 1.54) is 6.42 Å². The quantitative estimate of drug-likeness (QED) is 0.890. The molecule has 0 spiro atoms. The lowest BCUT2D eigenvalue weighted by Gasteiger charge is -2.36. The maximum absolute atomic E-state index is 11.2. The van der Waals surface area contributed by atoms with Crippen LogP contribution in [0.4, 0.5) is 0 Å². The van der Waals surface area contributed by atoms with Crippen LogP contribution < -0.4 is 0 Å². The van der Waals surface area contributed by atoms with Gasteiger partial charge in [0.1, 0.15) is 0 Å². The molecule has 0 radical (unpaired) electrons. The second kappa shape index (κ2) is 4.99. The summed E-state index contributed by atoms with van der Waals surface area (Å²) in [6, 6.07) is 0. The number of carbonyl (C=O) groups is 1. The van der Waals surface area contributed by atoms with Crippen molar-refractivity contribution in [3.8, 4) is 0 Å². The minimum Gasteiger partial charge on any atom is -0.475 e. The van der Waals surface area contributed by atoms with Gasteiger partial charge in [-0.25, -0.2) is 9.78 Å².